The summed E-state index contributed by atoms with van der Waals surface area (Å²) in [5.41, 5.74) is 8.00. The topological polar surface area (TPSA) is 53.1 Å². The molecule has 0 fully saturated rings. The van der Waals surface area contributed by atoms with Crippen molar-refractivity contribution in [2.75, 3.05) is 19.6 Å². The van der Waals surface area contributed by atoms with Gasteiger partial charge in [-0.25, -0.2) is 4.98 Å². The summed E-state index contributed by atoms with van der Waals surface area (Å²) in [6, 6.07) is 15.0. The summed E-state index contributed by atoms with van der Waals surface area (Å²) in [5.74, 6) is 0. The number of nitrogens with zero attached hydrogens (tertiary/aromatic N) is 2. The van der Waals surface area contributed by atoms with Crippen LogP contribution in [0.25, 0.3) is 16.5 Å². The molecule has 130 valence electrons. The van der Waals surface area contributed by atoms with Crippen molar-refractivity contribution in [1.82, 2.24) is 15.3 Å². The first kappa shape index (κ1) is 15.5. The lowest BCUT2D eigenvalue weighted by atomic mass is 10.00. The first-order valence-corrected chi connectivity index (χ1v) is 9.41. The lowest BCUT2D eigenvalue weighted by Gasteiger charge is -2.16. The molecule has 5 rings (SSSR count). The highest BCUT2D eigenvalue weighted by molar-refractivity contribution is 6.13. The molecule has 0 bridgehead atoms. The van der Waals surface area contributed by atoms with Crippen molar-refractivity contribution in [2.45, 2.75) is 19.3 Å². The Morgan fingerprint density at radius 2 is 1.96 bits per heavy atom. The zero-order chi connectivity index (χ0) is 17.3. The summed E-state index contributed by atoms with van der Waals surface area (Å²) in [6.07, 6.45) is 5.40. The van der Waals surface area contributed by atoms with E-state index < -0.39 is 0 Å². The molecule has 0 aliphatic carbocycles. The molecule has 26 heavy (non-hydrogen) atoms. The van der Waals surface area contributed by atoms with Crippen LogP contribution in [0, 0.1) is 0 Å². The number of aliphatic imine (C=N–C) groups is 1. The number of hydrogen-bond acceptors (Lipinski definition) is 3. The average Bonchev–Trinajstić information content (AvgIpc) is 3.01. The molecule has 0 saturated heterocycles. The summed E-state index contributed by atoms with van der Waals surface area (Å²) < 4.78 is 0. The maximum absolute atomic E-state index is 5.08. The van der Waals surface area contributed by atoms with Gasteiger partial charge in [-0.3, -0.25) is 4.99 Å². The summed E-state index contributed by atoms with van der Waals surface area (Å²) in [6.45, 7) is 2.80. The van der Waals surface area contributed by atoms with Crippen molar-refractivity contribution in [1.29, 1.82) is 0 Å². The van der Waals surface area contributed by atoms with Crippen molar-refractivity contribution < 1.29 is 0 Å². The van der Waals surface area contributed by atoms with Crippen molar-refractivity contribution >= 4 is 22.2 Å². The molecule has 2 aliphatic heterocycles. The number of para-hydroxylation sites is 1. The lowest BCUT2D eigenvalue weighted by molar-refractivity contribution is 0.736. The molecule has 0 spiro atoms. The summed E-state index contributed by atoms with van der Waals surface area (Å²) in [4.78, 5) is 13.5. The smallest absolute Gasteiger partial charge is 0.107 e. The highest BCUT2D eigenvalue weighted by Gasteiger charge is 2.19. The largest absolute Gasteiger partial charge is 0.353 e. The molecule has 3 aromatic rings. The van der Waals surface area contributed by atoms with Crippen LogP contribution in [0.15, 0.2) is 53.5 Å². The Balaban J connectivity index is 1.63. The van der Waals surface area contributed by atoms with Crippen molar-refractivity contribution in [2.24, 2.45) is 4.99 Å². The fraction of sp³-hybridized carbons (Fsp3) is 0.273. The standard InChI is InChI=1S/C22H22N4/c1-2-6-18-17(4-1)14-20(25-18)22-21-16(5-3-11-24-22)7-8-19(26-21)15-9-12-23-13-10-15/h1-2,4,6-9,14,23,25H,3,5,10-13H2. The molecular formula is C22H22N4. The highest BCUT2D eigenvalue weighted by Crippen LogP contribution is 2.25. The Labute approximate surface area is 153 Å². The third-order valence-corrected chi connectivity index (χ3v) is 5.26. The number of aromatic nitrogens is 2. The first-order valence-electron chi connectivity index (χ1n) is 9.41. The second-order valence-corrected chi connectivity index (χ2v) is 6.99. The molecule has 0 radical (unpaired) electrons. The molecule has 0 amide bonds. The Hall–Kier alpha value is -2.72. The molecule has 1 aromatic carbocycles. The van der Waals surface area contributed by atoms with Gasteiger partial charge in [0.1, 0.15) is 5.71 Å². The number of aromatic amines is 1. The number of rotatable bonds is 2. The zero-order valence-corrected chi connectivity index (χ0v) is 14.8. The molecule has 2 aromatic heterocycles. The Bertz CT molecular complexity index is 993. The predicted octanol–water partition coefficient (Wildman–Crippen LogP) is 3.72. The quantitative estimate of drug-likeness (QED) is 0.746. The maximum Gasteiger partial charge on any atom is 0.107 e. The third-order valence-electron chi connectivity index (χ3n) is 5.26. The number of aryl methyl sites for hydroxylation is 1. The average molecular weight is 342 g/mol. The van der Waals surface area contributed by atoms with E-state index in [1.54, 1.807) is 0 Å². The van der Waals surface area contributed by atoms with Gasteiger partial charge in [0.15, 0.2) is 0 Å². The van der Waals surface area contributed by atoms with Crippen LogP contribution in [-0.2, 0) is 6.42 Å². The summed E-state index contributed by atoms with van der Waals surface area (Å²) in [5, 5.41) is 4.59. The number of hydrogen-bond donors (Lipinski definition) is 2. The molecule has 2 N–H and O–H groups in total. The van der Waals surface area contributed by atoms with E-state index in [9.17, 15) is 0 Å². The first-order chi connectivity index (χ1) is 12.9. The van der Waals surface area contributed by atoms with Crippen molar-refractivity contribution in [3.8, 4) is 0 Å². The van der Waals surface area contributed by atoms with Crippen LogP contribution in [0.4, 0.5) is 0 Å². The van der Waals surface area contributed by atoms with Crippen LogP contribution in [0.5, 0.6) is 0 Å². The van der Waals surface area contributed by atoms with Crippen LogP contribution >= 0.6 is 0 Å². The fourth-order valence-electron chi connectivity index (χ4n) is 3.88. The molecule has 0 unspecified atom stereocenters. The monoisotopic (exact) mass is 342 g/mol. The number of nitrogens with one attached hydrogen (secondary N) is 2. The lowest BCUT2D eigenvalue weighted by Crippen LogP contribution is -2.20. The van der Waals surface area contributed by atoms with Gasteiger partial charge < -0.3 is 10.3 Å². The second kappa shape index (κ2) is 6.54. The van der Waals surface area contributed by atoms with Gasteiger partial charge in [0.05, 0.1) is 17.1 Å². The Morgan fingerprint density at radius 3 is 2.85 bits per heavy atom. The minimum Gasteiger partial charge on any atom is -0.353 e. The molecule has 4 heterocycles. The molecule has 4 heteroatoms. The number of fused-ring (bicyclic) bond motifs is 2. The molecule has 0 atom stereocenters. The Kier molecular flexibility index (Phi) is 3.91. The molecule has 2 aliphatic rings. The van der Waals surface area contributed by atoms with Crippen LogP contribution in [0.1, 0.15) is 35.5 Å². The SMILES string of the molecule is C1=C(c2ccc3c(n2)C(c2cc4ccccc4[nH]2)=NCCC3)CCNC1. The van der Waals surface area contributed by atoms with Crippen LogP contribution in [0.2, 0.25) is 0 Å². The van der Waals surface area contributed by atoms with Gasteiger partial charge in [0.25, 0.3) is 0 Å². The van der Waals surface area contributed by atoms with E-state index in [2.05, 4.69) is 58.8 Å². The van der Waals surface area contributed by atoms with Crippen LogP contribution in [0.3, 0.4) is 0 Å². The molecule has 4 nitrogen and oxygen atoms in total. The minimum atomic E-state index is 0.850. The fourth-order valence-corrected chi connectivity index (χ4v) is 3.88. The van der Waals surface area contributed by atoms with Gasteiger partial charge in [0, 0.05) is 24.0 Å². The minimum absolute atomic E-state index is 0.850. The van der Waals surface area contributed by atoms with Gasteiger partial charge >= 0.3 is 0 Å². The predicted molar refractivity (Wildman–Crippen MR) is 107 cm³/mol. The van der Waals surface area contributed by atoms with Gasteiger partial charge in [-0.05, 0) is 55.1 Å². The van der Waals surface area contributed by atoms with E-state index in [1.165, 1.54) is 16.5 Å². The molecule has 0 saturated carbocycles. The second-order valence-electron chi connectivity index (χ2n) is 6.99. The number of H-pyrrole nitrogens is 1. The van der Waals surface area contributed by atoms with Crippen molar-refractivity contribution in [3.63, 3.8) is 0 Å². The maximum atomic E-state index is 5.08. The van der Waals surface area contributed by atoms with Gasteiger partial charge in [0.2, 0.25) is 0 Å². The van der Waals surface area contributed by atoms with E-state index in [1.807, 2.05) is 0 Å². The zero-order valence-electron chi connectivity index (χ0n) is 14.8. The normalized spacial score (nSPS) is 17.4. The number of pyridine rings is 1. The number of benzene rings is 1. The van der Waals surface area contributed by atoms with Crippen molar-refractivity contribution in [3.05, 3.63) is 71.2 Å². The van der Waals surface area contributed by atoms with E-state index in [0.717, 1.165) is 67.2 Å². The Morgan fingerprint density at radius 1 is 1.00 bits per heavy atom. The summed E-state index contributed by atoms with van der Waals surface area (Å²) in [7, 11) is 0. The van der Waals surface area contributed by atoms with E-state index in [4.69, 9.17) is 9.98 Å². The highest BCUT2D eigenvalue weighted by atomic mass is 14.9. The third kappa shape index (κ3) is 2.76. The molecular weight excluding hydrogens is 320 g/mol. The van der Waals surface area contributed by atoms with Gasteiger partial charge in [-0.2, -0.15) is 0 Å². The van der Waals surface area contributed by atoms with E-state index in [-0.39, 0.29) is 0 Å². The van der Waals surface area contributed by atoms with E-state index in [0.29, 0.717) is 0 Å². The van der Waals surface area contributed by atoms with Crippen LogP contribution < -0.4 is 5.32 Å². The van der Waals surface area contributed by atoms with Gasteiger partial charge in [-0.1, -0.05) is 30.3 Å². The van der Waals surface area contributed by atoms with E-state index >= 15 is 0 Å². The van der Waals surface area contributed by atoms with Crippen LogP contribution in [-0.4, -0.2) is 35.3 Å². The van der Waals surface area contributed by atoms with Gasteiger partial charge in [-0.15, -0.1) is 0 Å². The summed E-state index contributed by atoms with van der Waals surface area (Å²) >= 11 is 0.